The molecule has 1 fully saturated rings. The third-order valence-electron chi connectivity index (χ3n) is 6.18. The monoisotopic (exact) mass is 515 g/mol. The van der Waals surface area contributed by atoms with Crippen LogP contribution in [-0.2, 0) is 19.1 Å². The summed E-state index contributed by atoms with van der Waals surface area (Å²) in [4.78, 5) is 32.9. The van der Waals surface area contributed by atoms with E-state index in [1.807, 2.05) is 36.3 Å². The van der Waals surface area contributed by atoms with Gasteiger partial charge in [-0.05, 0) is 45.1 Å². The fourth-order valence-corrected chi connectivity index (χ4v) is 5.55. The minimum Gasteiger partial charge on any atom is -0.493 e. The zero-order valence-electron chi connectivity index (χ0n) is 21.3. The number of para-hydroxylation sites is 1. The number of nitrogens with zero attached hydrogens (tertiary/aromatic N) is 2. The molecule has 1 saturated heterocycles. The van der Waals surface area contributed by atoms with Crippen LogP contribution in [0.1, 0.15) is 51.6 Å². The van der Waals surface area contributed by atoms with Crippen molar-refractivity contribution in [3.05, 3.63) is 46.1 Å². The number of allylic oxidation sites excluding steroid dienone is 1. The summed E-state index contributed by atoms with van der Waals surface area (Å²) in [5.41, 5.74) is 2.41. The lowest BCUT2D eigenvalue weighted by molar-refractivity contribution is -0.143. The Bertz CT molecular complexity index is 1110. The fourth-order valence-electron chi connectivity index (χ4n) is 4.59. The smallest absolute Gasteiger partial charge is 0.338 e. The zero-order valence-corrected chi connectivity index (χ0v) is 22.1. The summed E-state index contributed by atoms with van der Waals surface area (Å²) in [6, 6.07) is 4.94. The second-order valence-electron chi connectivity index (χ2n) is 9.05. The molecule has 3 aliphatic rings. The Morgan fingerprint density at radius 3 is 2.75 bits per heavy atom. The average molecular weight is 516 g/mol. The molecule has 0 spiro atoms. The van der Waals surface area contributed by atoms with Gasteiger partial charge in [-0.2, -0.15) is 0 Å². The van der Waals surface area contributed by atoms with Gasteiger partial charge in [-0.25, -0.2) is 9.79 Å². The van der Waals surface area contributed by atoms with E-state index in [0.717, 1.165) is 25.1 Å². The number of carbonyl (C=O) groups is 2. The van der Waals surface area contributed by atoms with Gasteiger partial charge in [0.2, 0.25) is 5.91 Å². The summed E-state index contributed by atoms with van der Waals surface area (Å²) in [7, 11) is 3.13. The van der Waals surface area contributed by atoms with E-state index in [9.17, 15) is 9.59 Å². The predicted molar refractivity (Wildman–Crippen MR) is 138 cm³/mol. The third-order valence-corrected chi connectivity index (χ3v) is 7.07. The number of methoxy groups -OCH3 is 2. The highest BCUT2D eigenvalue weighted by Gasteiger charge is 2.43. The molecule has 1 aromatic carbocycles. The summed E-state index contributed by atoms with van der Waals surface area (Å²) in [6.07, 6.45) is 1.85. The van der Waals surface area contributed by atoms with Crippen molar-refractivity contribution >= 4 is 28.8 Å². The number of amides is 1. The number of benzene rings is 1. The van der Waals surface area contributed by atoms with Crippen molar-refractivity contribution in [3.8, 4) is 11.5 Å². The van der Waals surface area contributed by atoms with Gasteiger partial charge in [0.25, 0.3) is 0 Å². The summed E-state index contributed by atoms with van der Waals surface area (Å²) in [6.45, 7) is 6.64. The van der Waals surface area contributed by atoms with Gasteiger partial charge in [0.05, 0.1) is 50.2 Å². The largest absolute Gasteiger partial charge is 0.493 e. The number of amidine groups is 1. The van der Waals surface area contributed by atoms with Crippen LogP contribution in [0.4, 0.5) is 0 Å². The van der Waals surface area contributed by atoms with Crippen LogP contribution < -0.4 is 14.8 Å². The Morgan fingerprint density at radius 2 is 2.08 bits per heavy atom. The molecule has 1 N–H and O–H groups in total. The number of carbonyl (C=O) groups excluding carboxylic acids is 2. The summed E-state index contributed by atoms with van der Waals surface area (Å²) >= 11 is 1.42. The van der Waals surface area contributed by atoms with Crippen LogP contribution >= 0.6 is 11.8 Å². The number of thioether (sulfide) groups is 1. The first-order valence-corrected chi connectivity index (χ1v) is 13.0. The van der Waals surface area contributed by atoms with Crippen LogP contribution in [0.3, 0.4) is 0 Å². The Kier molecular flexibility index (Phi) is 8.25. The molecular formula is C26H33N3O6S. The van der Waals surface area contributed by atoms with Gasteiger partial charge in [-0.15, -0.1) is 0 Å². The van der Waals surface area contributed by atoms with Crippen LogP contribution in [0.2, 0.25) is 0 Å². The first-order valence-electron chi connectivity index (χ1n) is 12.1. The highest BCUT2D eigenvalue weighted by Crippen LogP contribution is 2.48. The maximum Gasteiger partial charge on any atom is 0.338 e. The normalized spacial score (nSPS) is 21.2. The lowest BCUT2D eigenvalue weighted by Crippen LogP contribution is -2.39. The van der Waals surface area contributed by atoms with Crippen molar-refractivity contribution < 1.29 is 28.5 Å². The number of aliphatic imine (C=N–C) groups is 1. The van der Waals surface area contributed by atoms with Crippen molar-refractivity contribution in [3.63, 3.8) is 0 Å². The van der Waals surface area contributed by atoms with E-state index in [1.165, 1.54) is 11.8 Å². The quantitative estimate of drug-likeness (QED) is 0.494. The fraction of sp³-hybridized carbons (Fsp3) is 0.500. The van der Waals surface area contributed by atoms with Gasteiger partial charge in [0.15, 0.2) is 16.7 Å². The van der Waals surface area contributed by atoms with Gasteiger partial charge in [0, 0.05) is 24.4 Å². The lowest BCUT2D eigenvalue weighted by atomic mass is 9.92. The molecule has 4 rings (SSSR count). The molecule has 3 aliphatic heterocycles. The molecule has 9 nitrogen and oxygen atoms in total. The van der Waals surface area contributed by atoms with E-state index in [1.54, 1.807) is 27.2 Å². The van der Waals surface area contributed by atoms with E-state index in [0.29, 0.717) is 40.0 Å². The molecule has 0 aromatic heterocycles. The Hall–Kier alpha value is -2.98. The number of hydrogen-bond donors (Lipinski definition) is 1. The van der Waals surface area contributed by atoms with Crippen molar-refractivity contribution in [2.45, 2.75) is 58.3 Å². The molecule has 1 aromatic rings. The van der Waals surface area contributed by atoms with E-state index in [2.05, 4.69) is 5.32 Å². The Labute approximate surface area is 215 Å². The number of esters is 1. The number of hydrogen-bond acceptors (Lipinski definition) is 9. The van der Waals surface area contributed by atoms with Gasteiger partial charge in [-0.1, -0.05) is 23.9 Å². The maximum atomic E-state index is 13.4. The molecule has 0 aliphatic carbocycles. The maximum absolute atomic E-state index is 13.4. The Balaban J connectivity index is 1.69. The number of rotatable bonds is 9. The molecule has 0 bridgehead atoms. The summed E-state index contributed by atoms with van der Waals surface area (Å²) < 4.78 is 22.5. The van der Waals surface area contributed by atoms with E-state index in [4.69, 9.17) is 23.9 Å². The topological polar surface area (TPSA) is 98.7 Å². The first kappa shape index (κ1) is 26.1. The second kappa shape index (κ2) is 11.4. The van der Waals surface area contributed by atoms with Crippen LogP contribution in [0.15, 0.2) is 45.6 Å². The van der Waals surface area contributed by atoms with Gasteiger partial charge in [0.1, 0.15) is 0 Å². The van der Waals surface area contributed by atoms with E-state index >= 15 is 0 Å². The highest BCUT2D eigenvalue weighted by molar-refractivity contribution is 8.16. The van der Waals surface area contributed by atoms with E-state index < -0.39 is 12.0 Å². The van der Waals surface area contributed by atoms with Gasteiger partial charge in [-0.3, -0.25) is 4.79 Å². The predicted octanol–water partition coefficient (Wildman–Crippen LogP) is 3.92. The van der Waals surface area contributed by atoms with E-state index in [-0.39, 0.29) is 24.5 Å². The van der Waals surface area contributed by atoms with Crippen molar-refractivity contribution in [2.75, 3.05) is 27.4 Å². The zero-order chi connectivity index (χ0) is 25.8. The molecule has 2 atom stereocenters. The second-order valence-corrected chi connectivity index (χ2v) is 9.88. The molecule has 0 saturated carbocycles. The van der Waals surface area contributed by atoms with Gasteiger partial charge < -0.3 is 29.2 Å². The molecule has 2 unspecified atom stereocenters. The SMILES string of the molecule is COc1cccc(C2C(C(=O)OC(C)C)=C(C)N=C3SC=C(CC(=O)NCC4CCCO4)N32)c1OC. The number of ether oxygens (including phenoxy) is 4. The highest BCUT2D eigenvalue weighted by atomic mass is 32.2. The average Bonchev–Trinajstić information content (AvgIpc) is 3.51. The van der Waals surface area contributed by atoms with Crippen LogP contribution in [0, 0.1) is 0 Å². The van der Waals surface area contributed by atoms with Crippen molar-refractivity contribution in [2.24, 2.45) is 4.99 Å². The molecule has 1 amide bonds. The molecule has 3 heterocycles. The van der Waals surface area contributed by atoms with Crippen LogP contribution in [-0.4, -0.2) is 61.5 Å². The standard InChI is InChI=1S/C26H33N3O6S/c1-15(2)35-25(31)22-16(3)28-26-29(23(22)19-9-6-10-20(32-4)24(19)33-5)17(14-36-26)12-21(30)27-13-18-8-7-11-34-18/h6,9-10,14-15,18,23H,7-8,11-13H2,1-5H3,(H,27,30). The molecule has 194 valence electrons. The summed E-state index contributed by atoms with van der Waals surface area (Å²) in [5.74, 6) is 0.472. The lowest BCUT2D eigenvalue weighted by Gasteiger charge is -2.37. The molecule has 36 heavy (non-hydrogen) atoms. The summed E-state index contributed by atoms with van der Waals surface area (Å²) in [5, 5.41) is 5.58. The number of nitrogens with one attached hydrogen (secondary N) is 1. The van der Waals surface area contributed by atoms with Crippen molar-refractivity contribution in [1.29, 1.82) is 0 Å². The minimum absolute atomic E-state index is 0.0600. The Morgan fingerprint density at radius 1 is 1.28 bits per heavy atom. The van der Waals surface area contributed by atoms with Crippen molar-refractivity contribution in [1.82, 2.24) is 10.2 Å². The molecular weight excluding hydrogens is 482 g/mol. The van der Waals surface area contributed by atoms with Gasteiger partial charge >= 0.3 is 5.97 Å². The number of fused-ring (bicyclic) bond motifs is 1. The minimum atomic E-state index is -0.610. The molecule has 10 heteroatoms. The molecule has 0 radical (unpaired) electrons. The first-order chi connectivity index (χ1) is 17.3. The van der Waals surface area contributed by atoms with Crippen LogP contribution in [0.5, 0.6) is 11.5 Å². The third kappa shape index (κ3) is 5.39. The van der Waals surface area contributed by atoms with Crippen LogP contribution in [0.25, 0.3) is 0 Å².